The third kappa shape index (κ3) is 5.92. The van der Waals surface area contributed by atoms with Crippen molar-refractivity contribution in [3.63, 3.8) is 0 Å². The number of nitrogens with one attached hydrogen (secondary N) is 1. The van der Waals surface area contributed by atoms with Crippen LogP contribution < -0.4 is 11.3 Å². The summed E-state index contributed by atoms with van der Waals surface area (Å²) in [5.41, 5.74) is 2.65. The SMILES string of the molecule is CCCC(C)N(C)C(=NCCCOC)NN. The van der Waals surface area contributed by atoms with Crippen LogP contribution in [0.4, 0.5) is 0 Å². The molecule has 1 unspecified atom stereocenters. The van der Waals surface area contributed by atoms with Crippen molar-refractivity contribution in [1.29, 1.82) is 0 Å². The molecule has 0 aliphatic heterocycles. The van der Waals surface area contributed by atoms with Gasteiger partial charge in [-0.1, -0.05) is 13.3 Å². The highest BCUT2D eigenvalue weighted by Crippen LogP contribution is 2.03. The predicted octanol–water partition coefficient (Wildman–Crippen LogP) is 0.963. The number of rotatable bonds is 7. The highest BCUT2D eigenvalue weighted by atomic mass is 16.5. The van der Waals surface area contributed by atoms with Crippen molar-refractivity contribution < 1.29 is 4.74 Å². The summed E-state index contributed by atoms with van der Waals surface area (Å²) < 4.78 is 4.97. The predicted molar refractivity (Wildman–Crippen MR) is 68.3 cm³/mol. The van der Waals surface area contributed by atoms with Crippen LogP contribution in [-0.2, 0) is 4.74 Å². The van der Waals surface area contributed by atoms with Gasteiger partial charge in [-0.05, 0) is 19.8 Å². The molecule has 0 radical (unpaired) electrons. The summed E-state index contributed by atoms with van der Waals surface area (Å²) in [5, 5.41) is 0. The van der Waals surface area contributed by atoms with E-state index in [0.29, 0.717) is 6.04 Å². The van der Waals surface area contributed by atoms with Crippen molar-refractivity contribution in [2.75, 3.05) is 27.3 Å². The van der Waals surface area contributed by atoms with Crippen LogP contribution in [0.2, 0.25) is 0 Å². The molecule has 5 nitrogen and oxygen atoms in total. The number of hydrogen-bond acceptors (Lipinski definition) is 3. The van der Waals surface area contributed by atoms with Gasteiger partial charge in [0, 0.05) is 33.4 Å². The topological polar surface area (TPSA) is 62.9 Å². The molecule has 0 fully saturated rings. The van der Waals surface area contributed by atoms with Crippen molar-refractivity contribution in [3.05, 3.63) is 0 Å². The van der Waals surface area contributed by atoms with Gasteiger partial charge in [0.15, 0.2) is 0 Å². The molecule has 0 aromatic heterocycles. The quantitative estimate of drug-likeness (QED) is 0.225. The first-order valence-corrected chi connectivity index (χ1v) is 5.90. The maximum absolute atomic E-state index is 5.47. The highest BCUT2D eigenvalue weighted by molar-refractivity contribution is 5.79. The first-order valence-electron chi connectivity index (χ1n) is 5.90. The number of nitrogens with zero attached hydrogens (tertiary/aromatic N) is 2. The van der Waals surface area contributed by atoms with E-state index >= 15 is 0 Å². The highest BCUT2D eigenvalue weighted by Gasteiger charge is 2.11. The molecular weight excluding hydrogens is 204 g/mol. The summed E-state index contributed by atoms with van der Waals surface area (Å²) in [6.45, 7) is 5.81. The molecule has 0 saturated heterocycles. The van der Waals surface area contributed by atoms with Crippen LogP contribution in [0, 0.1) is 0 Å². The van der Waals surface area contributed by atoms with Crippen molar-refractivity contribution >= 4 is 5.96 Å². The average molecular weight is 230 g/mol. The molecule has 3 N–H and O–H groups in total. The minimum atomic E-state index is 0.447. The van der Waals surface area contributed by atoms with Crippen LogP contribution in [0.25, 0.3) is 0 Å². The number of guanidine groups is 1. The minimum Gasteiger partial charge on any atom is -0.385 e. The van der Waals surface area contributed by atoms with Crippen LogP contribution in [-0.4, -0.2) is 44.2 Å². The smallest absolute Gasteiger partial charge is 0.208 e. The number of ether oxygens (including phenoxy) is 1. The molecule has 0 spiro atoms. The fourth-order valence-electron chi connectivity index (χ4n) is 1.47. The van der Waals surface area contributed by atoms with E-state index in [4.69, 9.17) is 10.6 Å². The van der Waals surface area contributed by atoms with Crippen LogP contribution in [0.3, 0.4) is 0 Å². The molecule has 0 aliphatic rings. The average Bonchev–Trinajstić information content (AvgIpc) is 2.29. The fraction of sp³-hybridized carbons (Fsp3) is 0.909. The van der Waals surface area contributed by atoms with Gasteiger partial charge < -0.3 is 9.64 Å². The van der Waals surface area contributed by atoms with E-state index in [1.807, 2.05) is 7.05 Å². The maximum Gasteiger partial charge on any atom is 0.208 e. The molecule has 1 atom stereocenters. The number of aliphatic imine (C=N–C) groups is 1. The zero-order chi connectivity index (χ0) is 12.4. The summed E-state index contributed by atoms with van der Waals surface area (Å²) >= 11 is 0. The molecule has 0 heterocycles. The van der Waals surface area contributed by atoms with E-state index < -0.39 is 0 Å². The Bertz CT molecular complexity index is 196. The molecular formula is C11H26N4O. The van der Waals surface area contributed by atoms with E-state index in [2.05, 4.69) is 29.2 Å². The second-order valence-electron chi connectivity index (χ2n) is 3.94. The standard InChI is InChI=1S/C11H26N4O/c1-5-7-10(2)15(3)11(14-12)13-8-6-9-16-4/h10H,5-9,12H2,1-4H3,(H,13,14). The molecule has 0 aliphatic carbocycles. The van der Waals surface area contributed by atoms with E-state index in [1.54, 1.807) is 7.11 Å². The number of nitrogens with two attached hydrogens (primary N) is 1. The summed E-state index contributed by atoms with van der Waals surface area (Å²) in [5.74, 6) is 6.22. The zero-order valence-electron chi connectivity index (χ0n) is 11.0. The van der Waals surface area contributed by atoms with E-state index in [9.17, 15) is 0 Å². The summed E-state index contributed by atoms with van der Waals surface area (Å²) in [7, 11) is 3.70. The molecule has 5 heteroatoms. The molecule has 0 aromatic rings. The number of hydrazine groups is 1. The zero-order valence-corrected chi connectivity index (χ0v) is 11.0. The van der Waals surface area contributed by atoms with Gasteiger partial charge in [0.25, 0.3) is 0 Å². The minimum absolute atomic E-state index is 0.447. The second-order valence-corrected chi connectivity index (χ2v) is 3.94. The Morgan fingerprint density at radius 2 is 2.25 bits per heavy atom. The second kappa shape index (κ2) is 9.42. The molecule has 0 saturated carbocycles. The van der Waals surface area contributed by atoms with Crippen molar-refractivity contribution in [3.8, 4) is 0 Å². The van der Waals surface area contributed by atoms with Crippen molar-refractivity contribution in [2.24, 2.45) is 10.8 Å². The first kappa shape index (κ1) is 15.2. The summed E-state index contributed by atoms with van der Waals surface area (Å²) in [4.78, 5) is 6.49. The van der Waals surface area contributed by atoms with Crippen molar-refractivity contribution in [1.82, 2.24) is 10.3 Å². The molecule has 0 amide bonds. The van der Waals surface area contributed by atoms with Crippen molar-refractivity contribution in [2.45, 2.75) is 39.2 Å². The van der Waals surface area contributed by atoms with Gasteiger partial charge >= 0.3 is 0 Å². The van der Waals surface area contributed by atoms with E-state index in [-0.39, 0.29) is 0 Å². The lowest BCUT2D eigenvalue weighted by atomic mass is 10.2. The molecule has 16 heavy (non-hydrogen) atoms. The lowest BCUT2D eigenvalue weighted by Gasteiger charge is -2.27. The van der Waals surface area contributed by atoms with Crippen LogP contribution in [0.5, 0.6) is 0 Å². The summed E-state index contributed by atoms with van der Waals surface area (Å²) in [6, 6.07) is 0.447. The lowest BCUT2D eigenvalue weighted by Crippen LogP contribution is -2.46. The maximum atomic E-state index is 5.47. The van der Waals surface area contributed by atoms with E-state index in [1.165, 1.54) is 0 Å². The van der Waals surface area contributed by atoms with Crippen LogP contribution in [0.15, 0.2) is 4.99 Å². The van der Waals surface area contributed by atoms with Gasteiger partial charge in [0.2, 0.25) is 5.96 Å². The normalized spacial score (nSPS) is 13.7. The number of methoxy groups -OCH3 is 1. The largest absolute Gasteiger partial charge is 0.385 e. The Morgan fingerprint density at radius 3 is 2.75 bits per heavy atom. The monoisotopic (exact) mass is 230 g/mol. The third-order valence-corrected chi connectivity index (χ3v) is 2.60. The van der Waals surface area contributed by atoms with Crippen LogP contribution in [0.1, 0.15) is 33.1 Å². The Morgan fingerprint density at radius 1 is 1.56 bits per heavy atom. The molecule has 96 valence electrons. The Labute approximate surface area is 99.0 Å². The Kier molecular flexibility index (Phi) is 8.94. The lowest BCUT2D eigenvalue weighted by molar-refractivity contribution is 0.196. The summed E-state index contributed by atoms with van der Waals surface area (Å²) in [6.07, 6.45) is 3.21. The Balaban J connectivity index is 4.13. The number of hydrogen-bond donors (Lipinski definition) is 2. The first-order chi connectivity index (χ1) is 7.67. The van der Waals surface area contributed by atoms with E-state index in [0.717, 1.165) is 38.4 Å². The van der Waals surface area contributed by atoms with Gasteiger partial charge in [-0.2, -0.15) is 0 Å². The molecule has 0 bridgehead atoms. The molecule has 0 rings (SSSR count). The van der Waals surface area contributed by atoms with Crippen LogP contribution >= 0.6 is 0 Å². The Hall–Kier alpha value is -0.810. The van der Waals surface area contributed by atoms with Gasteiger partial charge in [-0.25, -0.2) is 5.84 Å². The van der Waals surface area contributed by atoms with Gasteiger partial charge in [-0.3, -0.25) is 10.4 Å². The van der Waals surface area contributed by atoms with Gasteiger partial charge in [0.05, 0.1) is 0 Å². The fourth-order valence-corrected chi connectivity index (χ4v) is 1.47. The molecule has 0 aromatic carbocycles. The van der Waals surface area contributed by atoms with Gasteiger partial charge in [0.1, 0.15) is 0 Å². The van der Waals surface area contributed by atoms with Gasteiger partial charge in [-0.15, -0.1) is 0 Å². The third-order valence-electron chi connectivity index (χ3n) is 2.60.